The SMILES string of the molecule is CCOC(=O)CN1C(=O)C2(OC(C#N)=C(C#N)C3CCCC32)c2ccccc21. The summed E-state index contributed by atoms with van der Waals surface area (Å²) in [5.41, 5.74) is 0.176. The quantitative estimate of drug-likeness (QED) is 0.750. The Bertz CT molecular complexity index is 971. The fourth-order valence-electron chi connectivity index (χ4n) is 4.87. The van der Waals surface area contributed by atoms with E-state index in [0.29, 0.717) is 23.2 Å². The zero-order chi connectivity index (χ0) is 19.9. The standard InChI is InChI=1S/C21H19N3O4/c1-2-27-19(25)12-24-17-9-4-3-7-16(17)21(20(24)26)15-8-5-6-13(15)14(10-22)18(11-23)28-21/h3-4,7,9,13,15H,2,5-6,8,12H2,1H3. The number of fused-ring (bicyclic) bond motifs is 4. The molecule has 4 rings (SSSR count). The molecule has 3 atom stereocenters. The molecule has 2 aliphatic heterocycles. The topological polar surface area (TPSA) is 103 Å². The smallest absolute Gasteiger partial charge is 0.326 e. The molecule has 1 aliphatic carbocycles. The number of para-hydroxylation sites is 1. The Balaban J connectivity index is 1.87. The van der Waals surface area contributed by atoms with E-state index in [2.05, 4.69) is 6.07 Å². The molecule has 1 saturated carbocycles. The van der Waals surface area contributed by atoms with E-state index in [4.69, 9.17) is 9.47 Å². The number of benzene rings is 1. The largest absolute Gasteiger partial charge is 0.465 e. The normalized spacial score (nSPS) is 27.7. The number of ether oxygens (including phenoxy) is 2. The number of esters is 1. The molecule has 0 N–H and O–H groups in total. The predicted molar refractivity (Wildman–Crippen MR) is 97.3 cm³/mol. The van der Waals surface area contributed by atoms with E-state index in [9.17, 15) is 20.1 Å². The lowest BCUT2D eigenvalue weighted by Crippen LogP contribution is -2.52. The highest BCUT2D eigenvalue weighted by Crippen LogP contribution is 2.58. The summed E-state index contributed by atoms with van der Waals surface area (Å²) in [5, 5.41) is 19.2. The highest BCUT2D eigenvalue weighted by Gasteiger charge is 2.64. The van der Waals surface area contributed by atoms with Gasteiger partial charge in [-0.2, -0.15) is 10.5 Å². The van der Waals surface area contributed by atoms with Gasteiger partial charge in [0.2, 0.25) is 11.4 Å². The molecule has 3 aliphatic rings. The Morgan fingerprint density at radius 2 is 2.11 bits per heavy atom. The van der Waals surface area contributed by atoms with Crippen molar-refractivity contribution in [1.29, 1.82) is 10.5 Å². The Labute approximate surface area is 162 Å². The summed E-state index contributed by atoms with van der Waals surface area (Å²) in [5.74, 6) is -1.42. The first-order valence-electron chi connectivity index (χ1n) is 9.39. The Morgan fingerprint density at radius 3 is 2.82 bits per heavy atom. The van der Waals surface area contributed by atoms with Crippen LogP contribution in [0.3, 0.4) is 0 Å². The maximum Gasteiger partial charge on any atom is 0.326 e. The van der Waals surface area contributed by atoms with E-state index in [1.54, 1.807) is 25.1 Å². The fraction of sp³-hybridized carbons (Fsp3) is 0.429. The highest BCUT2D eigenvalue weighted by molar-refractivity contribution is 6.10. The summed E-state index contributed by atoms with van der Waals surface area (Å²) in [6.45, 7) is 1.71. The number of rotatable bonds is 3. The predicted octanol–water partition coefficient (Wildman–Crippen LogP) is 2.54. The second kappa shape index (κ2) is 6.69. The molecule has 0 radical (unpaired) electrons. The zero-order valence-electron chi connectivity index (χ0n) is 15.5. The van der Waals surface area contributed by atoms with Gasteiger partial charge in [-0.05, 0) is 25.8 Å². The van der Waals surface area contributed by atoms with Crippen molar-refractivity contribution < 1.29 is 19.1 Å². The third-order valence-corrected chi connectivity index (χ3v) is 5.89. The molecular formula is C21H19N3O4. The maximum absolute atomic E-state index is 13.7. The average Bonchev–Trinajstić information content (AvgIpc) is 3.27. The number of hydrogen-bond donors (Lipinski definition) is 0. The van der Waals surface area contributed by atoms with Crippen molar-refractivity contribution in [3.63, 3.8) is 0 Å². The summed E-state index contributed by atoms with van der Waals surface area (Å²) in [4.78, 5) is 27.2. The summed E-state index contributed by atoms with van der Waals surface area (Å²) >= 11 is 0. The van der Waals surface area contributed by atoms with Crippen LogP contribution >= 0.6 is 0 Å². The first-order valence-corrected chi connectivity index (χ1v) is 9.39. The molecule has 1 spiro atoms. The van der Waals surface area contributed by atoms with Gasteiger partial charge >= 0.3 is 5.97 Å². The summed E-state index contributed by atoms with van der Waals surface area (Å²) in [7, 11) is 0. The summed E-state index contributed by atoms with van der Waals surface area (Å²) in [6, 6.07) is 11.3. The number of carbonyl (C=O) groups is 2. The molecule has 1 fully saturated rings. The molecule has 7 heteroatoms. The van der Waals surface area contributed by atoms with Crippen LogP contribution in [0.4, 0.5) is 5.69 Å². The van der Waals surface area contributed by atoms with Gasteiger partial charge in [0.15, 0.2) is 0 Å². The maximum atomic E-state index is 13.7. The lowest BCUT2D eigenvalue weighted by atomic mass is 9.71. The monoisotopic (exact) mass is 377 g/mol. The minimum atomic E-state index is -1.38. The molecule has 0 aromatic heterocycles. The molecular weight excluding hydrogens is 358 g/mol. The van der Waals surface area contributed by atoms with Crippen LogP contribution < -0.4 is 4.90 Å². The molecule has 0 saturated heterocycles. The number of carbonyl (C=O) groups excluding carboxylic acids is 2. The van der Waals surface area contributed by atoms with Crippen molar-refractivity contribution in [2.75, 3.05) is 18.1 Å². The van der Waals surface area contributed by atoms with Gasteiger partial charge in [-0.3, -0.25) is 14.5 Å². The van der Waals surface area contributed by atoms with E-state index in [-0.39, 0.29) is 36.7 Å². The molecule has 142 valence electrons. The molecule has 1 aromatic carbocycles. The number of hydrogen-bond acceptors (Lipinski definition) is 6. The van der Waals surface area contributed by atoms with Crippen LogP contribution in [0.2, 0.25) is 0 Å². The Hall–Kier alpha value is -3.32. The van der Waals surface area contributed by atoms with Crippen LogP contribution in [0.1, 0.15) is 31.7 Å². The second-order valence-electron chi connectivity index (χ2n) is 7.16. The fourth-order valence-corrected chi connectivity index (χ4v) is 4.87. The van der Waals surface area contributed by atoms with E-state index in [1.165, 1.54) is 4.90 Å². The number of nitrogens with zero attached hydrogens (tertiary/aromatic N) is 3. The van der Waals surface area contributed by atoms with Gasteiger partial charge < -0.3 is 9.47 Å². The van der Waals surface area contributed by atoms with Crippen molar-refractivity contribution in [3.05, 3.63) is 41.2 Å². The number of nitriles is 2. The van der Waals surface area contributed by atoms with Gasteiger partial charge in [0.05, 0.1) is 23.9 Å². The van der Waals surface area contributed by atoms with E-state index in [1.807, 2.05) is 12.1 Å². The van der Waals surface area contributed by atoms with Crippen LogP contribution in [0.25, 0.3) is 0 Å². The van der Waals surface area contributed by atoms with Crippen molar-refractivity contribution in [2.45, 2.75) is 31.8 Å². The third-order valence-electron chi connectivity index (χ3n) is 5.89. The molecule has 1 amide bonds. The zero-order valence-corrected chi connectivity index (χ0v) is 15.5. The van der Waals surface area contributed by atoms with Crippen LogP contribution in [0.15, 0.2) is 35.6 Å². The van der Waals surface area contributed by atoms with Gasteiger partial charge in [-0.1, -0.05) is 24.6 Å². The van der Waals surface area contributed by atoms with Crippen molar-refractivity contribution in [1.82, 2.24) is 0 Å². The van der Waals surface area contributed by atoms with E-state index < -0.39 is 11.6 Å². The van der Waals surface area contributed by atoms with E-state index in [0.717, 1.165) is 12.8 Å². The van der Waals surface area contributed by atoms with Crippen LogP contribution in [0, 0.1) is 34.5 Å². The first kappa shape index (κ1) is 18.1. The molecule has 7 nitrogen and oxygen atoms in total. The average molecular weight is 377 g/mol. The molecule has 1 aromatic rings. The van der Waals surface area contributed by atoms with Gasteiger partial charge in [-0.25, -0.2) is 0 Å². The van der Waals surface area contributed by atoms with Gasteiger partial charge in [0, 0.05) is 17.4 Å². The first-order chi connectivity index (χ1) is 13.6. The Kier molecular flexibility index (Phi) is 4.31. The third kappa shape index (κ3) is 2.33. The van der Waals surface area contributed by atoms with Crippen molar-refractivity contribution in [2.24, 2.45) is 11.8 Å². The van der Waals surface area contributed by atoms with Gasteiger partial charge in [0.1, 0.15) is 12.6 Å². The molecule has 2 heterocycles. The second-order valence-corrected chi connectivity index (χ2v) is 7.16. The van der Waals surface area contributed by atoms with E-state index >= 15 is 0 Å². The lowest BCUT2D eigenvalue weighted by Gasteiger charge is -2.41. The number of anilines is 1. The highest BCUT2D eigenvalue weighted by atomic mass is 16.5. The van der Waals surface area contributed by atoms with Crippen molar-refractivity contribution in [3.8, 4) is 12.1 Å². The van der Waals surface area contributed by atoms with Crippen molar-refractivity contribution >= 4 is 17.6 Å². The van der Waals surface area contributed by atoms with Crippen LogP contribution in [-0.4, -0.2) is 25.0 Å². The van der Waals surface area contributed by atoms with Crippen LogP contribution in [0.5, 0.6) is 0 Å². The summed E-state index contributed by atoms with van der Waals surface area (Å²) < 4.78 is 11.1. The number of amides is 1. The van der Waals surface area contributed by atoms with Gasteiger partial charge in [-0.15, -0.1) is 0 Å². The molecule has 3 unspecified atom stereocenters. The number of allylic oxidation sites excluding steroid dienone is 2. The van der Waals surface area contributed by atoms with Crippen LogP contribution in [-0.2, 0) is 24.7 Å². The Morgan fingerprint density at radius 1 is 1.32 bits per heavy atom. The lowest BCUT2D eigenvalue weighted by molar-refractivity contribution is -0.151. The minimum Gasteiger partial charge on any atom is -0.465 e. The molecule has 28 heavy (non-hydrogen) atoms. The minimum absolute atomic E-state index is 0.0909. The molecule has 0 bridgehead atoms. The summed E-state index contributed by atoms with van der Waals surface area (Å²) in [6.07, 6.45) is 2.29. The van der Waals surface area contributed by atoms with Gasteiger partial charge in [0.25, 0.3) is 5.91 Å².